The van der Waals surface area contributed by atoms with Gasteiger partial charge in [0.1, 0.15) is 11.6 Å². The highest BCUT2D eigenvalue weighted by atomic mass is 79.9. The van der Waals surface area contributed by atoms with Crippen LogP contribution >= 0.6 is 15.9 Å². The molecule has 3 nitrogen and oxygen atoms in total. The van der Waals surface area contributed by atoms with Crippen molar-refractivity contribution >= 4 is 15.9 Å². The van der Waals surface area contributed by atoms with Gasteiger partial charge in [-0.2, -0.15) is 0 Å². The molecule has 1 atom stereocenters. The predicted octanol–water partition coefficient (Wildman–Crippen LogP) is 3.34. The first-order chi connectivity index (χ1) is 9.63. The average molecular weight is 339 g/mol. The van der Waals surface area contributed by atoms with Crippen LogP contribution in [0.15, 0.2) is 46.9 Å². The Morgan fingerprint density at radius 3 is 2.80 bits per heavy atom. The Morgan fingerprint density at radius 2 is 2.10 bits per heavy atom. The van der Waals surface area contributed by atoms with E-state index in [1.807, 2.05) is 24.3 Å². The fourth-order valence-corrected chi connectivity index (χ4v) is 2.46. The lowest BCUT2D eigenvalue weighted by Crippen LogP contribution is -2.29. The molecule has 0 amide bonds. The fourth-order valence-electron chi connectivity index (χ4n) is 2.05. The van der Waals surface area contributed by atoms with E-state index in [-0.39, 0.29) is 11.9 Å². The van der Waals surface area contributed by atoms with Crippen LogP contribution < -0.4 is 16.0 Å². The summed E-state index contributed by atoms with van der Waals surface area (Å²) in [6.07, 6.45) is 0.571. The third-order valence-corrected chi connectivity index (χ3v) is 3.90. The standard InChI is InChI=1S/C15H16BrFN2O/c1-20-13-4-2-3-10(8-13)15(19-18)9-11-7-12(17)5-6-14(11)16/h2-8,15,19H,9,18H2,1H3. The van der Waals surface area contributed by atoms with Crippen LogP contribution in [0.25, 0.3) is 0 Å². The molecule has 0 heterocycles. The molecule has 0 aromatic heterocycles. The summed E-state index contributed by atoms with van der Waals surface area (Å²) in [4.78, 5) is 0. The van der Waals surface area contributed by atoms with Crippen LogP contribution in [-0.4, -0.2) is 7.11 Å². The second-order valence-corrected chi connectivity index (χ2v) is 5.29. The summed E-state index contributed by atoms with van der Waals surface area (Å²) in [6.45, 7) is 0. The van der Waals surface area contributed by atoms with Crippen LogP contribution in [0.1, 0.15) is 17.2 Å². The molecule has 1 unspecified atom stereocenters. The molecule has 20 heavy (non-hydrogen) atoms. The van der Waals surface area contributed by atoms with Crippen molar-refractivity contribution < 1.29 is 9.13 Å². The quantitative estimate of drug-likeness (QED) is 0.649. The SMILES string of the molecule is COc1cccc(C(Cc2cc(F)ccc2Br)NN)c1. The molecular weight excluding hydrogens is 323 g/mol. The lowest BCUT2D eigenvalue weighted by atomic mass is 9.99. The third kappa shape index (κ3) is 3.56. The first-order valence-electron chi connectivity index (χ1n) is 6.18. The summed E-state index contributed by atoms with van der Waals surface area (Å²) in [7, 11) is 1.62. The normalized spacial score (nSPS) is 12.2. The van der Waals surface area contributed by atoms with E-state index in [4.69, 9.17) is 10.6 Å². The molecule has 2 rings (SSSR count). The molecule has 0 saturated heterocycles. The number of hydrogen-bond acceptors (Lipinski definition) is 3. The molecule has 0 bridgehead atoms. The zero-order valence-electron chi connectivity index (χ0n) is 11.1. The van der Waals surface area contributed by atoms with Crippen molar-refractivity contribution in [2.75, 3.05) is 7.11 Å². The molecule has 0 aliphatic rings. The first-order valence-corrected chi connectivity index (χ1v) is 6.97. The first kappa shape index (κ1) is 15.0. The lowest BCUT2D eigenvalue weighted by Gasteiger charge is -2.18. The monoisotopic (exact) mass is 338 g/mol. The van der Waals surface area contributed by atoms with Crippen molar-refractivity contribution in [2.45, 2.75) is 12.5 Å². The van der Waals surface area contributed by atoms with Gasteiger partial charge < -0.3 is 4.74 Å². The maximum atomic E-state index is 13.3. The van der Waals surface area contributed by atoms with Gasteiger partial charge in [-0.1, -0.05) is 28.1 Å². The van der Waals surface area contributed by atoms with Gasteiger partial charge in [-0.05, 0) is 47.9 Å². The summed E-state index contributed by atoms with van der Waals surface area (Å²) < 4.78 is 19.4. The van der Waals surface area contributed by atoms with Crippen molar-refractivity contribution in [3.05, 3.63) is 63.9 Å². The molecule has 2 aromatic carbocycles. The Kier molecular flexibility index (Phi) is 5.11. The van der Waals surface area contributed by atoms with Crippen LogP contribution in [0.3, 0.4) is 0 Å². The zero-order chi connectivity index (χ0) is 14.5. The molecular formula is C15H16BrFN2O. The van der Waals surface area contributed by atoms with Gasteiger partial charge in [-0.3, -0.25) is 11.3 Å². The van der Waals surface area contributed by atoms with Gasteiger partial charge in [0.05, 0.1) is 13.2 Å². The smallest absolute Gasteiger partial charge is 0.123 e. The van der Waals surface area contributed by atoms with Gasteiger partial charge in [0.15, 0.2) is 0 Å². The number of halogens is 2. The van der Waals surface area contributed by atoms with E-state index in [1.54, 1.807) is 13.2 Å². The van der Waals surface area contributed by atoms with Gasteiger partial charge >= 0.3 is 0 Å². The third-order valence-electron chi connectivity index (χ3n) is 3.13. The predicted molar refractivity (Wildman–Crippen MR) is 80.9 cm³/mol. The van der Waals surface area contributed by atoms with Crippen LogP contribution in [0.2, 0.25) is 0 Å². The minimum atomic E-state index is -0.260. The summed E-state index contributed by atoms with van der Waals surface area (Å²) in [5.41, 5.74) is 4.61. The van der Waals surface area contributed by atoms with Gasteiger partial charge in [0.25, 0.3) is 0 Å². The van der Waals surface area contributed by atoms with Crippen molar-refractivity contribution in [2.24, 2.45) is 5.84 Å². The topological polar surface area (TPSA) is 47.3 Å². The molecule has 0 radical (unpaired) electrons. The summed E-state index contributed by atoms with van der Waals surface area (Å²) in [5, 5.41) is 0. The Balaban J connectivity index is 2.26. The minimum absolute atomic E-state index is 0.122. The maximum Gasteiger partial charge on any atom is 0.123 e. The molecule has 0 saturated carbocycles. The second kappa shape index (κ2) is 6.83. The van der Waals surface area contributed by atoms with Crippen LogP contribution in [-0.2, 0) is 6.42 Å². The molecule has 3 N–H and O–H groups in total. The van der Waals surface area contributed by atoms with Crippen molar-refractivity contribution in [3.63, 3.8) is 0 Å². The Hall–Kier alpha value is -1.43. The zero-order valence-corrected chi connectivity index (χ0v) is 12.7. The molecule has 0 fully saturated rings. The lowest BCUT2D eigenvalue weighted by molar-refractivity contribution is 0.413. The second-order valence-electron chi connectivity index (χ2n) is 4.44. The van der Waals surface area contributed by atoms with E-state index < -0.39 is 0 Å². The number of nitrogens with one attached hydrogen (secondary N) is 1. The number of hydrogen-bond donors (Lipinski definition) is 2. The largest absolute Gasteiger partial charge is 0.497 e. The van der Waals surface area contributed by atoms with Gasteiger partial charge in [0.2, 0.25) is 0 Å². The highest BCUT2D eigenvalue weighted by Gasteiger charge is 2.13. The Labute approximate surface area is 126 Å². The Morgan fingerprint density at radius 1 is 1.30 bits per heavy atom. The van der Waals surface area contributed by atoms with Crippen molar-refractivity contribution in [1.29, 1.82) is 0 Å². The fraction of sp³-hybridized carbons (Fsp3) is 0.200. The summed E-state index contributed by atoms with van der Waals surface area (Å²) in [5.74, 6) is 6.14. The summed E-state index contributed by atoms with van der Waals surface area (Å²) in [6, 6.07) is 12.2. The molecule has 0 aliphatic carbocycles. The van der Waals surface area contributed by atoms with E-state index in [2.05, 4.69) is 21.4 Å². The minimum Gasteiger partial charge on any atom is -0.497 e. The average Bonchev–Trinajstić information content (AvgIpc) is 2.48. The Bertz CT molecular complexity index is 592. The molecule has 5 heteroatoms. The number of rotatable bonds is 5. The number of ether oxygens (including phenoxy) is 1. The summed E-state index contributed by atoms with van der Waals surface area (Å²) >= 11 is 3.43. The van der Waals surface area contributed by atoms with Gasteiger partial charge in [0, 0.05) is 4.47 Å². The number of hydrazine groups is 1. The van der Waals surface area contributed by atoms with Crippen LogP contribution in [0.5, 0.6) is 5.75 Å². The van der Waals surface area contributed by atoms with E-state index in [0.717, 1.165) is 21.3 Å². The number of methoxy groups -OCH3 is 1. The van der Waals surface area contributed by atoms with E-state index in [9.17, 15) is 4.39 Å². The number of benzene rings is 2. The van der Waals surface area contributed by atoms with E-state index >= 15 is 0 Å². The molecule has 0 spiro atoms. The number of nitrogens with two attached hydrogens (primary N) is 1. The van der Waals surface area contributed by atoms with Crippen molar-refractivity contribution in [1.82, 2.24) is 5.43 Å². The van der Waals surface area contributed by atoms with E-state index in [0.29, 0.717) is 6.42 Å². The van der Waals surface area contributed by atoms with E-state index in [1.165, 1.54) is 12.1 Å². The molecule has 2 aromatic rings. The molecule has 0 aliphatic heterocycles. The van der Waals surface area contributed by atoms with Crippen LogP contribution in [0.4, 0.5) is 4.39 Å². The van der Waals surface area contributed by atoms with Gasteiger partial charge in [-0.15, -0.1) is 0 Å². The molecule has 106 valence electrons. The highest BCUT2D eigenvalue weighted by Crippen LogP contribution is 2.26. The van der Waals surface area contributed by atoms with Gasteiger partial charge in [-0.25, -0.2) is 4.39 Å². The van der Waals surface area contributed by atoms with Crippen molar-refractivity contribution in [3.8, 4) is 5.75 Å². The highest BCUT2D eigenvalue weighted by molar-refractivity contribution is 9.10. The van der Waals surface area contributed by atoms with Crippen LogP contribution in [0, 0.1) is 5.82 Å². The maximum absolute atomic E-state index is 13.3.